The van der Waals surface area contributed by atoms with Crippen molar-refractivity contribution in [1.29, 1.82) is 0 Å². The second-order valence-corrected chi connectivity index (χ2v) is 3.19. The summed E-state index contributed by atoms with van der Waals surface area (Å²) in [5.41, 5.74) is 0. The highest BCUT2D eigenvalue weighted by molar-refractivity contribution is 5.74. The first-order valence-corrected chi connectivity index (χ1v) is 5.14. The molecule has 0 radical (unpaired) electrons. The number of benzene rings is 1. The summed E-state index contributed by atoms with van der Waals surface area (Å²) in [5, 5.41) is 0. The van der Waals surface area contributed by atoms with E-state index in [0.29, 0.717) is 12.4 Å². The monoisotopic (exact) mass is 224 g/mol. The molecule has 0 N–H and O–H groups in total. The van der Waals surface area contributed by atoms with Gasteiger partial charge in [0.1, 0.15) is 11.5 Å². The Morgan fingerprint density at radius 1 is 1.25 bits per heavy atom. The lowest BCUT2D eigenvalue weighted by Gasteiger charge is -2.12. The van der Waals surface area contributed by atoms with Crippen LogP contribution in [0.3, 0.4) is 0 Å². The van der Waals surface area contributed by atoms with Gasteiger partial charge in [-0.05, 0) is 38.1 Å². The third kappa shape index (κ3) is 3.46. The minimum absolute atomic E-state index is 0.395. The molecular formula is C12H16O4. The highest BCUT2D eigenvalue weighted by atomic mass is 16.6. The third-order valence-electron chi connectivity index (χ3n) is 1.98. The molecule has 1 rings (SSSR count). The van der Waals surface area contributed by atoms with Gasteiger partial charge in [-0.25, -0.2) is 4.79 Å². The van der Waals surface area contributed by atoms with Gasteiger partial charge in [0, 0.05) is 0 Å². The maximum atomic E-state index is 11.1. The standard InChI is InChI=1S/C12H16O4/c1-4-15-10-5-7-11(8-6-10)16-9(2)12(13)14-3/h5-9H,4H2,1-3H3/t9-/m0/s1. The van der Waals surface area contributed by atoms with Crippen LogP contribution in [0.15, 0.2) is 24.3 Å². The van der Waals surface area contributed by atoms with Gasteiger partial charge >= 0.3 is 5.97 Å². The molecular weight excluding hydrogens is 208 g/mol. The summed E-state index contributed by atoms with van der Waals surface area (Å²) in [7, 11) is 1.33. The van der Waals surface area contributed by atoms with E-state index in [-0.39, 0.29) is 0 Å². The number of ether oxygens (including phenoxy) is 3. The minimum Gasteiger partial charge on any atom is -0.494 e. The number of methoxy groups -OCH3 is 1. The Hall–Kier alpha value is -1.71. The minimum atomic E-state index is -0.608. The lowest BCUT2D eigenvalue weighted by Crippen LogP contribution is -2.24. The molecule has 0 amide bonds. The van der Waals surface area contributed by atoms with Gasteiger partial charge < -0.3 is 14.2 Å². The van der Waals surface area contributed by atoms with Crippen LogP contribution in [0.1, 0.15) is 13.8 Å². The average molecular weight is 224 g/mol. The molecule has 0 spiro atoms. The summed E-state index contributed by atoms with van der Waals surface area (Å²) < 4.78 is 15.2. The number of carbonyl (C=O) groups is 1. The number of carbonyl (C=O) groups excluding carboxylic acids is 1. The van der Waals surface area contributed by atoms with Gasteiger partial charge in [-0.3, -0.25) is 0 Å². The fourth-order valence-corrected chi connectivity index (χ4v) is 1.20. The van der Waals surface area contributed by atoms with Crippen molar-refractivity contribution < 1.29 is 19.0 Å². The van der Waals surface area contributed by atoms with Crippen molar-refractivity contribution in [1.82, 2.24) is 0 Å². The Balaban J connectivity index is 2.58. The van der Waals surface area contributed by atoms with Gasteiger partial charge in [-0.1, -0.05) is 0 Å². The molecule has 1 atom stereocenters. The summed E-state index contributed by atoms with van der Waals surface area (Å²) in [6.45, 7) is 4.19. The van der Waals surface area contributed by atoms with Crippen molar-refractivity contribution >= 4 is 5.97 Å². The molecule has 0 aliphatic carbocycles. The van der Waals surface area contributed by atoms with Crippen molar-refractivity contribution in [3.8, 4) is 11.5 Å². The van der Waals surface area contributed by atoms with E-state index in [1.807, 2.05) is 6.92 Å². The largest absolute Gasteiger partial charge is 0.494 e. The second-order valence-electron chi connectivity index (χ2n) is 3.19. The van der Waals surface area contributed by atoms with E-state index in [2.05, 4.69) is 4.74 Å². The molecule has 0 aliphatic rings. The summed E-state index contributed by atoms with van der Waals surface area (Å²) in [6, 6.07) is 7.10. The Morgan fingerprint density at radius 3 is 2.31 bits per heavy atom. The smallest absolute Gasteiger partial charge is 0.346 e. The molecule has 0 unspecified atom stereocenters. The van der Waals surface area contributed by atoms with Crippen LogP contribution in [-0.4, -0.2) is 25.8 Å². The number of hydrogen-bond acceptors (Lipinski definition) is 4. The average Bonchev–Trinajstić information content (AvgIpc) is 2.31. The van der Waals surface area contributed by atoms with E-state index in [0.717, 1.165) is 5.75 Å². The molecule has 88 valence electrons. The topological polar surface area (TPSA) is 44.8 Å². The van der Waals surface area contributed by atoms with Gasteiger partial charge in [0.15, 0.2) is 6.10 Å². The molecule has 0 fully saturated rings. The van der Waals surface area contributed by atoms with Gasteiger partial charge in [0.25, 0.3) is 0 Å². The highest BCUT2D eigenvalue weighted by Crippen LogP contribution is 2.18. The van der Waals surface area contributed by atoms with Gasteiger partial charge in [0.2, 0.25) is 0 Å². The van der Waals surface area contributed by atoms with Crippen LogP contribution in [0.4, 0.5) is 0 Å². The van der Waals surface area contributed by atoms with Crippen molar-refractivity contribution in [3.63, 3.8) is 0 Å². The van der Waals surface area contributed by atoms with Crippen LogP contribution in [0, 0.1) is 0 Å². The molecule has 4 heteroatoms. The molecule has 4 nitrogen and oxygen atoms in total. The lowest BCUT2D eigenvalue weighted by molar-refractivity contribution is -0.147. The van der Waals surface area contributed by atoms with Crippen molar-refractivity contribution in [3.05, 3.63) is 24.3 Å². The maximum Gasteiger partial charge on any atom is 0.346 e. The first-order valence-electron chi connectivity index (χ1n) is 5.14. The van der Waals surface area contributed by atoms with Crippen LogP contribution in [0.5, 0.6) is 11.5 Å². The maximum absolute atomic E-state index is 11.1. The lowest BCUT2D eigenvalue weighted by atomic mass is 10.3. The SMILES string of the molecule is CCOc1ccc(O[C@@H](C)C(=O)OC)cc1. The quantitative estimate of drug-likeness (QED) is 0.718. The van der Waals surface area contributed by atoms with Gasteiger partial charge in [-0.2, -0.15) is 0 Å². The Morgan fingerprint density at radius 2 is 1.81 bits per heavy atom. The van der Waals surface area contributed by atoms with E-state index in [4.69, 9.17) is 9.47 Å². The van der Waals surface area contributed by atoms with Gasteiger partial charge in [0.05, 0.1) is 13.7 Å². The molecule has 0 saturated heterocycles. The zero-order valence-corrected chi connectivity index (χ0v) is 9.73. The van der Waals surface area contributed by atoms with Crippen molar-refractivity contribution in [2.45, 2.75) is 20.0 Å². The van der Waals surface area contributed by atoms with E-state index in [1.165, 1.54) is 7.11 Å². The molecule has 1 aromatic carbocycles. The molecule has 0 aromatic heterocycles. The van der Waals surface area contributed by atoms with E-state index in [9.17, 15) is 4.79 Å². The van der Waals surface area contributed by atoms with Crippen LogP contribution < -0.4 is 9.47 Å². The predicted molar refractivity (Wildman–Crippen MR) is 59.7 cm³/mol. The summed E-state index contributed by atoms with van der Waals surface area (Å²) in [6.07, 6.45) is -0.608. The molecule has 0 aliphatic heterocycles. The highest BCUT2D eigenvalue weighted by Gasteiger charge is 2.14. The first-order chi connectivity index (χ1) is 7.67. The Labute approximate surface area is 95.1 Å². The van der Waals surface area contributed by atoms with Crippen LogP contribution in [0.25, 0.3) is 0 Å². The Kier molecular flexibility index (Phi) is 4.64. The molecule has 16 heavy (non-hydrogen) atoms. The molecule has 0 heterocycles. The fraction of sp³-hybridized carbons (Fsp3) is 0.417. The van der Waals surface area contributed by atoms with Crippen molar-refractivity contribution in [2.75, 3.05) is 13.7 Å². The van der Waals surface area contributed by atoms with Crippen molar-refractivity contribution in [2.24, 2.45) is 0 Å². The Bertz CT molecular complexity index is 331. The van der Waals surface area contributed by atoms with Crippen LogP contribution >= 0.6 is 0 Å². The summed E-state index contributed by atoms with van der Waals surface area (Å²) >= 11 is 0. The first kappa shape index (κ1) is 12.4. The van der Waals surface area contributed by atoms with E-state index >= 15 is 0 Å². The second kappa shape index (κ2) is 6.00. The molecule has 1 aromatic rings. The zero-order chi connectivity index (χ0) is 12.0. The van der Waals surface area contributed by atoms with Crippen LogP contribution in [-0.2, 0) is 9.53 Å². The number of rotatable bonds is 5. The van der Waals surface area contributed by atoms with Crippen LogP contribution in [0.2, 0.25) is 0 Å². The van der Waals surface area contributed by atoms with Gasteiger partial charge in [-0.15, -0.1) is 0 Å². The zero-order valence-electron chi connectivity index (χ0n) is 9.73. The summed E-state index contributed by atoms with van der Waals surface area (Å²) in [5.74, 6) is 0.996. The summed E-state index contributed by atoms with van der Waals surface area (Å²) in [4.78, 5) is 11.1. The fourth-order valence-electron chi connectivity index (χ4n) is 1.20. The number of esters is 1. The molecule has 0 saturated carbocycles. The third-order valence-corrected chi connectivity index (χ3v) is 1.98. The number of hydrogen-bond donors (Lipinski definition) is 0. The normalized spacial score (nSPS) is 11.7. The van der Waals surface area contributed by atoms with E-state index in [1.54, 1.807) is 31.2 Å². The molecule has 0 bridgehead atoms. The predicted octanol–water partition coefficient (Wildman–Crippen LogP) is 2.03. The van der Waals surface area contributed by atoms with E-state index < -0.39 is 12.1 Å².